The van der Waals surface area contributed by atoms with Crippen LogP contribution in [-0.4, -0.2) is 6.54 Å². The number of hydrogen-bond donors (Lipinski definition) is 1. The van der Waals surface area contributed by atoms with E-state index in [9.17, 15) is 4.39 Å². The van der Waals surface area contributed by atoms with Gasteiger partial charge in [-0.3, -0.25) is 0 Å². The van der Waals surface area contributed by atoms with Crippen molar-refractivity contribution in [3.8, 4) is 11.8 Å². The van der Waals surface area contributed by atoms with E-state index in [1.807, 2.05) is 13.0 Å². The molecule has 0 amide bonds. The minimum atomic E-state index is -0.466. The van der Waals surface area contributed by atoms with E-state index < -0.39 is 5.83 Å². The van der Waals surface area contributed by atoms with Crippen LogP contribution in [0.2, 0.25) is 0 Å². The van der Waals surface area contributed by atoms with E-state index in [0.717, 1.165) is 11.1 Å². The van der Waals surface area contributed by atoms with Gasteiger partial charge in [0.05, 0.1) is 6.54 Å². The fraction of sp³-hybridized carbons (Fsp3) is 0.273. The Morgan fingerprint density at radius 3 is 2.62 bits per heavy atom. The number of hydrogen-bond acceptors (Lipinski definition) is 1. The number of halogens is 1. The highest BCUT2D eigenvalue weighted by Crippen LogP contribution is 2.10. The van der Waals surface area contributed by atoms with Crippen LogP contribution in [-0.2, 0) is 0 Å². The van der Waals surface area contributed by atoms with E-state index in [-0.39, 0.29) is 0 Å². The Bertz CT molecular complexity index is 300. The second-order valence-corrected chi connectivity index (χ2v) is 2.48. The third-order valence-electron chi connectivity index (χ3n) is 1.41. The average Bonchev–Trinajstić information content (AvgIpc) is 2.04. The fourth-order valence-corrected chi connectivity index (χ4v) is 0.857. The van der Waals surface area contributed by atoms with Gasteiger partial charge in [-0.15, -0.1) is 0 Å². The van der Waals surface area contributed by atoms with Crippen molar-refractivity contribution >= 4 is 0 Å². The molecule has 0 aliphatic rings. The Kier molecular flexibility index (Phi) is 5.58. The number of nitrogens with two attached hydrogens (primary N) is 1. The van der Waals surface area contributed by atoms with Gasteiger partial charge in [-0.1, -0.05) is 24.5 Å². The molecule has 0 radical (unpaired) electrons. The summed E-state index contributed by atoms with van der Waals surface area (Å²) >= 11 is 0. The normalized spacial score (nSPS) is 12.0. The van der Waals surface area contributed by atoms with E-state index >= 15 is 0 Å². The number of rotatable bonds is 2. The second kappa shape index (κ2) is 6.22. The molecular formula is C11H14FN. The maximum absolute atomic E-state index is 12.4. The highest BCUT2D eigenvalue weighted by atomic mass is 19.1. The highest BCUT2D eigenvalue weighted by Gasteiger charge is 1.94. The van der Waals surface area contributed by atoms with Gasteiger partial charge in [-0.2, -0.15) is 0 Å². The van der Waals surface area contributed by atoms with E-state index in [1.54, 1.807) is 6.92 Å². The molecule has 1 nitrogen and oxygen atoms in total. The van der Waals surface area contributed by atoms with E-state index in [1.165, 1.54) is 6.08 Å². The van der Waals surface area contributed by atoms with Crippen LogP contribution in [0.25, 0.3) is 0 Å². The summed E-state index contributed by atoms with van der Waals surface area (Å²) in [6.45, 7) is 7.08. The quantitative estimate of drug-likeness (QED) is 0.511. The lowest BCUT2D eigenvalue weighted by atomic mass is 10.1. The molecule has 70 valence electrons. The van der Waals surface area contributed by atoms with Gasteiger partial charge >= 0.3 is 0 Å². The molecule has 0 heterocycles. The molecule has 2 N–H and O–H groups in total. The first-order chi connectivity index (χ1) is 6.11. The maximum Gasteiger partial charge on any atom is 0.116 e. The summed E-state index contributed by atoms with van der Waals surface area (Å²) in [7, 11) is 0. The number of allylic oxidation sites excluding steroid dienone is 5. The summed E-state index contributed by atoms with van der Waals surface area (Å²) < 4.78 is 12.4. The average molecular weight is 179 g/mol. The zero-order valence-corrected chi connectivity index (χ0v) is 8.02. The summed E-state index contributed by atoms with van der Waals surface area (Å²) in [5, 5.41) is 0. The van der Waals surface area contributed by atoms with Gasteiger partial charge in [0.25, 0.3) is 0 Å². The molecule has 0 aromatic carbocycles. The molecule has 0 unspecified atom stereocenters. The third kappa shape index (κ3) is 5.00. The Hall–Kier alpha value is -1.33. The predicted octanol–water partition coefficient (Wildman–Crippen LogP) is 2.32. The molecule has 0 saturated heterocycles. The Morgan fingerprint density at radius 2 is 2.23 bits per heavy atom. The molecule has 2 heteroatoms. The van der Waals surface area contributed by atoms with E-state index in [4.69, 9.17) is 5.73 Å². The van der Waals surface area contributed by atoms with E-state index in [0.29, 0.717) is 6.54 Å². The van der Waals surface area contributed by atoms with Crippen molar-refractivity contribution in [2.45, 2.75) is 13.8 Å². The lowest BCUT2D eigenvalue weighted by molar-refractivity contribution is 0.670. The molecule has 0 aromatic rings. The largest absolute Gasteiger partial charge is 0.320 e. The van der Waals surface area contributed by atoms with Crippen molar-refractivity contribution < 1.29 is 4.39 Å². The molecule has 0 fully saturated rings. The van der Waals surface area contributed by atoms with Crippen LogP contribution in [0.5, 0.6) is 0 Å². The molecular weight excluding hydrogens is 165 g/mol. The van der Waals surface area contributed by atoms with Crippen LogP contribution in [0.3, 0.4) is 0 Å². The molecule has 0 aromatic heterocycles. The van der Waals surface area contributed by atoms with Gasteiger partial charge in [-0.25, -0.2) is 4.39 Å². The summed E-state index contributed by atoms with van der Waals surface area (Å²) in [6, 6.07) is 0. The Balaban J connectivity index is 4.71. The lowest BCUT2D eigenvalue weighted by Crippen LogP contribution is -1.93. The standard InChI is InChI=1S/C11H14FN/c1-4-11(6-5-7-13)9(2)8-10(3)12/h4,8H,3,7,13H2,1-2H3/b9-8-,11-4-. The Morgan fingerprint density at radius 1 is 1.62 bits per heavy atom. The fourth-order valence-electron chi connectivity index (χ4n) is 0.857. The third-order valence-corrected chi connectivity index (χ3v) is 1.41. The van der Waals surface area contributed by atoms with Gasteiger partial charge in [-0.05, 0) is 25.5 Å². The van der Waals surface area contributed by atoms with Crippen LogP contribution < -0.4 is 5.73 Å². The zero-order valence-electron chi connectivity index (χ0n) is 8.02. The molecule has 13 heavy (non-hydrogen) atoms. The molecule has 0 rings (SSSR count). The van der Waals surface area contributed by atoms with Gasteiger partial charge in [0, 0.05) is 5.57 Å². The molecule has 0 bridgehead atoms. The lowest BCUT2D eigenvalue weighted by Gasteiger charge is -1.97. The molecule has 0 aliphatic heterocycles. The van der Waals surface area contributed by atoms with Gasteiger partial charge < -0.3 is 5.73 Å². The zero-order chi connectivity index (χ0) is 10.3. The van der Waals surface area contributed by atoms with Crippen molar-refractivity contribution in [1.82, 2.24) is 0 Å². The predicted molar refractivity (Wildman–Crippen MR) is 54.6 cm³/mol. The molecule has 0 atom stereocenters. The van der Waals surface area contributed by atoms with Crippen molar-refractivity contribution in [1.29, 1.82) is 0 Å². The maximum atomic E-state index is 12.4. The topological polar surface area (TPSA) is 26.0 Å². The van der Waals surface area contributed by atoms with Crippen molar-refractivity contribution in [2.75, 3.05) is 6.54 Å². The summed E-state index contributed by atoms with van der Waals surface area (Å²) in [5.41, 5.74) is 6.76. The molecule has 0 spiro atoms. The molecule has 0 aliphatic carbocycles. The van der Waals surface area contributed by atoms with Crippen LogP contribution in [0.4, 0.5) is 4.39 Å². The first-order valence-corrected chi connectivity index (χ1v) is 4.00. The van der Waals surface area contributed by atoms with Gasteiger partial charge in [0.15, 0.2) is 0 Å². The smallest absolute Gasteiger partial charge is 0.116 e. The Labute approximate surface area is 78.8 Å². The summed E-state index contributed by atoms with van der Waals surface area (Å²) in [4.78, 5) is 0. The van der Waals surface area contributed by atoms with Crippen LogP contribution >= 0.6 is 0 Å². The van der Waals surface area contributed by atoms with Crippen molar-refractivity contribution in [2.24, 2.45) is 5.73 Å². The van der Waals surface area contributed by atoms with Crippen molar-refractivity contribution in [3.63, 3.8) is 0 Å². The minimum Gasteiger partial charge on any atom is -0.320 e. The van der Waals surface area contributed by atoms with Crippen LogP contribution in [0.15, 0.2) is 35.7 Å². The first kappa shape index (κ1) is 11.7. The van der Waals surface area contributed by atoms with Gasteiger partial charge in [0.1, 0.15) is 5.83 Å². The first-order valence-electron chi connectivity index (χ1n) is 4.00. The van der Waals surface area contributed by atoms with Crippen LogP contribution in [0.1, 0.15) is 13.8 Å². The molecule has 0 saturated carbocycles. The highest BCUT2D eigenvalue weighted by molar-refractivity contribution is 5.45. The van der Waals surface area contributed by atoms with Crippen molar-refractivity contribution in [3.05, 3.63) is 35.7 Å². The summed E-state index contributed by atoms with van der Waals surface area (Å²) in [6.07, 6.45) is 3.16. The van der Waals surface area contributed by atoms with E-state index in [2.05, 4.69) is 18.4 Å². The monoisotopic (exact) mass is 179 g/mol. The van der Waals surface area contributed by atoms with Gasteiger partial charge in [0.2, 0.25) is 0 Å². The SMILES string of the molecule is C=C(F)/C=C(C)\C(C#CCN)=C/C. The van der Waals surface area contributed by atoms with Crippen LogP contribution in [0, 0.1) is 11.8 Å². The minimum absolute atomic E-state index is 0.307. The summed E-state index contributed by atoms with van der Waals surface area (Å²) in [5.74, 6) is 5.09. The second-order valence-electron chi connectivity index (χ2n) is 2.48.